The first-order valence-electron chi connectivity index (χ1n) is 21.2. The minimum absolute atomic E-state index is 0.0111. The molecule has 1 aromatic heterocycles. The largest absolute Gasteiger partial charge is 0.481 e. The quantitative estimate of drug-likeness (QED) is 0.242. The van der Waals surface area contributed by atoms with Gasteiger partial charge in [0.1, 0.15) is 16.9 Å². The summed E-state index contributed by atoms with van der Waals surface area (Å²) in [7, 11) is 0. The van der Waals surface area contributed by atoms with Crippen molar-refractivity contribution in [3.63, 3.8) is 0 Å². The molecule has 0 aliphatic heterocycles. The second-order valence-corrected chi connectivity index (χ2v) is 21.0. The number of esters is 1. The molecule has 3 N–H and O–H groups in total. The van der Waals surface area contributed by atoms with Crippen LogP contribution in [0.2, 0.25) is 5.02 Å². The van der Waals surface area contributed by atoms with Crippen LogP contribution in [-0.2, 0) is 31.1 Å². The Hall–Kier alpha value is -3.24. The van der Waals surface area contributed by atoms with Crippen LogP contribution in [-0.4, -0.2) is 44.8 Å². The average Bonchev–Trinajstić information content (AvgIpc) is 3.56. The summed E-state index contributed by atoms with van der Waals surface area (Å²) in [5.74, 6) is -0.941. The van der Waals surface area contributed by atoms with Crippen LogP contribution in [0.15, 0.2) is 40.2 Å². The number of carboxylic acid groups (broad SMARTS) is 1. The van der Waals surface area contributed by atoms with Crippen LogP contribution >= 0.6 is 11.6 Å². The molecule has 1 aromatic carbocycles. The number of hydrogen-bond acceptors (Lipinski definition) is 6. The zero-order chi connectivity index (χ0) is 41.8. The number of fused-ring (bicyclic) bond motifs is 7. The maximum Gasteiger partial charge on any atom is 0.309 e. The molecule has 0 amide bonds. The van der Waals surface area contributed by atoms with Gasteiger partial charge in [-0.05, 0) is 141 Å². The lowest BCUT2D eigenvalue weighted by Gasteiger charge is -2.72. The minimum Gasteiger partial charge on any atom is -0.481 e. The highest BCUT2D eigenvalue weighted by Crippen LogP contribution is 2.77. The molecule has 11 heteroatoms. The molecule has 5 aliphatic carbocycles. The standard InChI is InChI=1S/C46H63ClFN3O6/c1-26(2)35-30(52)24-46(38-37(47)39(54)51(50(38)23-22-49)28-12-10-27(48)11-13-28)21-20-44(8)29(36(35)46)14-15-32-43(7)18-17-33(57-34(53)25-41(3,4)40(55)56)42(5,6)31(43)16-19-45(32,44)9/h10-13,26,29,31-33H,14-25,49H2,1-9H3,(H,55,56)/t29-,31+,32-,33+,43+,44-,45-,46-/m1/s1. The summed E-state index contributed by atoms with van der Waals surface area (Å²) in [5.41, 5.74) is 6.58. The zero-order valence-corrected chi connectivity index (χ0v) is 36.2. The van der Waals surface area contributed by atoms with Crippen molar-refractivity contribution in [2.24, 2.45) is 56.5 Å². The molecule has 0 unspecified atom stereocenters. The monoisotopic (exact) mass is 807 g/mol. The van der Waals surface area contributed by atoms with E-state index in [9.17, 15) is 28.7 Å². The molecule has 2 aromatic rings. The van der Waals surface area contributed by atoms with Crippen LogP contribution in [0.4, 0.5) is 4.39 Å². The van der Waals surface area contributed by atoms with Gasteiger partial charge in [-0.25, -0.2) is 9.07 Å². The Morgan fingerprint density at radius 1 is 0.965 bits per heavy atom. The lowest BCUT2D eigenvalue weighted by molar-refractivity contribution is -0.232. The molecule has 57 heavy (non-hydrogen) atoms. The van der Waals surface area contributed by atoms with E-state index in [1.807, 2.05) is 4.68 Å². The topological polar surface area (TPSA) is 134 Å². The van der Waals surface area contributed by atoms with E-state index in [0.717, 1.165) is 50.5 Å². The van der Waals surface area contributed by atoms with E-state index in [4.69, 9.17) is 22.1 Å². The van der Waals surface area contributed by atoms with E-state index in [1.54, 1.807) is 26.0 Å². The number of benzene rings is 1. The molecule has 5 aliphatic rings. The fraction of sp³-hybridized carbons (Fsp3) is 0.696. The van der Waals surface area contributed by atoms with Crippen LogP contribution in [0.3, 0.4) is 0 Å². The summed E-state index contributed by atoms with van der Waals surface area (Å²) in [6.45, 7) is 19.8. The number of hydrogen-bond donors (Lipinski definition) is 2. The van der Waals surface area contributed by atoms with Crippen molar-refractivity contribution in [3.8, 4) is 5.69 Å². The second-order valence-electron chi connectivity index (χ2n) is 20.7. The van der Waals surface area contributed by atoms with Crippen LogP contribution in [0.5, 0.6) is 0 Å². The Morgan fingerprint density at radius 2 is 1.63 bits per heavy atom. The predicted molar refractivity (Wildman–Crippen MR) is 219 cm³/mol. The van der Waals surface area contributed by atoms with Gasteiger partial charge in [-0.2, -0.15) is 0 Å². The smallest absolute Gasteiger partial charge is 0.309 e. The first-order chi connectivity index (χ1) is 26.5. The molecule has 0 bridgehead atoms. The Balaban J connectivity index is 1.28. The zero-order valence-electron chi connectivity index (χ0n) is 35.4. The van der Waals surface area contributed by atoms with Gasteiger partial charge < -0.3 is 15.6 Å². The van der Waals surface area contributed by atoms with Gasteiger partial charge in [0, 0.05) is 23.8 Å². The molecule has 8 atom stereocenters. The summed E-state index contributed by atoms with van der Waals surface area (Å²) in [6, 6.07) is 5.82. The molecule has 0 radical (unpaired) electrons. The molecule has 7 rings (SSSR count). The summed E-state index contributed by atoms with van der Waals surface area (Å²) in [4.78, 5) is 53.6. The molecule has 312 valence electrons. The van der Waals surface area contributed by atoms with Gasteiger partial charge in [-0.3, -0.25) is 23.9 Å². The number of rotatable bonds is 9. The van der Waals surface area contributed by atoms with Gasteiger partial charge in [0.2, 0.25) is 0 Å². The molecule has 4 saturated carbocycles. The molecule has 1 heterocycles. The molecule has 9 nitrogen and oxygen atoms in total. The van der Waals surface area contributed by atoms with Gasteiger partial charge in [0.15, 0.2) is 5.78 Å². The van der Waals surface area contributed by atoms with E-state index in [2.05, 4.69) is 48.5 Å². The summed E-state index contributed by atoms with van der Waals surface area (Å²) in [6.07, 6.45) is 6.89. The number of nitrogens with zero attached hydrogens (tertiary/aromatic N) is 2. The average molecular weight is 808 g/mol. The highest BCUT2D eigenvalue weighted by molar-refractivity contribution is 6.31. The van der Waals surface area contributed by atoms with Gasteiger partial charge in [0.25, 0.3) is 5.56 Å². The van der Waals surface area contributed by atoms with Crippen molar-refractivity contribution < 1.29 is 28.6 Å². The number of ether oxygens (including phenoxy) is 1. The highest BCUT2D eigenvalue weighted by atomic mass is 35.5. The molecular weight excluding hydrogens is 745 g/mol. The highest BCUT2D eigenvalue weighted by Gasteiger charge is 2.71. The number of ketones is 1. The fourth-order valence-corrected chi connectivity index (χ4v) is 14.2. The summed E-state index contributed by atoms with van der Waals surface area (Å²) in [5, 5.41) is 9.75. The van der Waals surface area contributed by atoms with E-state index in [-0.39, 0.29) is 69.8 Å². The summed E-state index contributed by atoms with van der Waals surface area (Å²) < 4.78 is 23.7. The third-order valence-corrected chi connectivity index (χ3v) is 17.1. The van der Waals surface area contributed by atoms with Crippen molar-refractivity contribution >= 4 is 29.3 Å². The number of carbonyl (C=O) groups excluding carboxylic acids is 2. The van der Waals surface area contributed by atoms with E-state index < -0.39 is 34.1 Å². The molecule has 0 spiro atoms. The first-order valence-corrected chi connectivity index (χ1v) is 21.6. The third kappa shape index (κ3) is 5.98. The van der Waals surface area contributed by atoms with Gasteiger partial charge in [-0.1, -0.05) is 60.1 Å². The van der Waals surface area contributed by atoms with Crippen molar-refractivity contribution in [2.75, 3.05) is 6.54 Å². The Kier molecular flexibility index (Phi) is 10.2. The Morgan fingerprint density at radius 3 is 2.25 bits per heavy atom. The third-order valence-electron chi connectivity index (χ3n) is 16.8. The normalized spacial score (nSPS) is 34.7. The minimum atomic E-state index is -1.20. The van der Waals surface area contributed by atoms with Crippen LogP contribution in [0.1, 0.15) is 132 Å². The van der Waals surface area contributed by atoms with Crippen molar-refractivity contribution in [1.29, 1.82) is 0 Å². The second kappa shape index (κ2) is 13.9. The van der Waals surface area contributed by atoms with E-state index in [1.165, 1.54) is 22.4 Å². The lowest BCUT2D eigenvalue weighted by atomic mass is 9.33. The number of allylic oxidation sites excluding steroid dienone is 2. The maximum absolute atomic E-state index is 14.5. The number of carboxylic acids is 1. The number of aromatic nitrogens is 2. The fourth-order valence-electron chi connectivity index (χ4n) is 13.9. The predicted octanol–water partition coefficient (Wildman–Crippen LogP) is 9.04. The van der Waals surface area contributed by atoms with Gasteiger partial charge in [0.05, 0.1) is 29.8 Å². The summed E-state index contributed by atoms with van der Waals surface area (Å²) >= 11 is 7.20. The number of aliphatic carboxylic acids is 1. The lowest BCUT2D eigenvalue weighted by Crippen LogP contribution is -2.66. The van der Waals surface area contributed by atoms with Gasteiger partial charge in [-0.15, -0.1) is 0 Å². The molecular formula is C46H63ClFN3O6. The number of nitrogens with two attached hydrogens (primary N) is 1. The van der Waals surface area contributed by atoms with Crippen LogP contribution in [0.25, 0.3) is 5.69 Å². The number of halogens is 2. The molecule has 4 fully saturated rings. The van der Waals surface area contributed by atoms with Crippen molar-refractivity contribution in [3.05, 3.63) is 62.3 Å². The SMILES string of the molecule is CC(C)C1=C2[C@H]3CC[C@@H]4[C@@]5(C)CC[C@H](OC(=O)CC(C)(C)C(=O)O)C(C)(C)[C@@H]5CC[C@@]4(C)[C@]3(C)CC[C@@]2(c2c(Cl)c(=O)n(-c3ccc(F)cc3)n2CCN)CC1=O. The van der Waals surface area contributed by atoms with Crippen LogP contribution in [0, 0.1) is 56.6 Å². The van der Waals surface area contributed by atoms with Crippen molar-refractivity contribution in [2.45, 2.75) is 145 Å². The van der Waals surface area contributed by atoms with E-state index >= 15 is 0 Å². The van der Waals surface area contributed by atoms with Crippen molar-refractivity contribution in [1.82, 2.24) is 9.36 Å². The van der Waals surface area contributed by atoms with E-state index in [0.29, 0.717) is 36.2 Å². The van der Waals surface area contributed by atoms with Gasteiger partial charge >= 0.3 is 11.9 Å². The Bertz CT molecular complexity index is 2080. The maximum atomic E-state index is 14.5. The number of Topliss-reactive ketones (excluding diaryl/α,β-unsaturated/α-hetero) is 1. The first kappa shape index (κ1) is 41.9. The number of carbonyl (C=O) groups is 3. The Labute approximate surface area is 341 Å². The molecule has 0 saturated heterocycles. The van der Waals surface area contributed by atoms with Crippen LogP contribution < -0.4 is 11.3 Å².